The van der Waals surface area contributed by atoms with Crippen molar-refractivity contribution in [2.45, 2.75) is 66.3 Å². The van der Waals surface area contributed by atoms with Crippen LogP contribution in [0.4, 0.5) is 16.7 Å². The van der Waals surface area contributed by atoms with Crippen molar-refractivity contribution < 1.29 is 38.1 Å². The van der Waals surface area contributed by atoms with Crippen LogP contribution >= 0.6 is 0 Å². The third-order valence-electron chi connectivity index (χ3n) is 8.49. The second kappa shape index (κ2) is 18.8. The Morgan fingerprint density at radius 2 is 1.58 bits per heavy atom. The summed E-state index contributed by atoms with van der Waals surface area (Å²) >= 11 is 0. The molecule has 0 aliphatic heterocycles. The van der Waals surface area contributed by atoms with Crippen LogP contribution in [0.3, 0.4) is 0 Å². The van der Waals surface area contributed by atoms with Crippen molar-refractivity contribution in [2.75, 3.05) is 52.5 Å². The number of imidazole rings is 2. The highest BCUT2D eigenvalue weighted by atomic mass is 16.6. The fourth-order valence-electron chi connectivity index (χ4n) is 5.86. The van der Waals surface area contributed by atoms with Gasteiger partial charge in [0.1, 0.15) is 33.8 Å². The number of fused-ring (bicyclic) bond motifs is 2. The molecule has 3 heterocycles. The first-order valence-electron chi connectivity index (χ1n) is 18.2. The summed E-state index contributed by atoms with van der Waals surface area (Å²) in [5.41, 5.74) is 15.7. The van der Waals surface area contributed by atoms with Crippen molar-refractivity contribution in [2.24, 2.45) is 5.73 Å². The van der Waals surface area contributed by atoms with Crippen LogP contribution in [0, 0.1) is 6.92 Å². The number of esters is 1. The summed E-state index contributed by atoms with van der Waals surface area (Å²) in [6.07, 6.45) is 4.75. The van der Waals surface area contributed by atoms with Crippen LogP contribution in [0.15, 0.2) is 42.5 Å². The topological polar surface area (TPSA) is 226 Å². The molecule has 3 aromatic heterocycles. The van der Waals surface area contributed by atoms with Crippen molar-refractivity contribution in [1.82, 2.24) is 33.8 Å². The predicted octanol–water partition coefficient (Wildman–Crippen LogP) is 4.82. The Morgan fingerprint density at radius 1 is 0.947 bits per heavy atom. The van der Waals surface area contributed by atoms with E-state index >= 15 is 0 Å². The van der Waals surface area contributed by atoms with Gasteiger partial charge in [-0.1, -0.05) is 12.2 Å². The van der Waals surface area contributed by atoms with Crippen molar-refractivity contribution in [3.63, 3.8) is 0 Å². The first-order chi connectivity index (χ1) is 27.0. The number of primary amides is 1. The molecule has 0 bridgehead atoms. The molecule has 0 aliphatic rings. The summed E-state index contributed by atoms with van der Waals surface area (Å²) in [6.45, 7) is 11.4. The highest BCUT2D eigenvalue weighted by Gasteiger charge is 2.21. The van der Waals surface area contributed by atoms with Crippen molar-refractivity contribution in [3.05, 3.63) is 65.0 Å². The normalized spacial score (nSPS) is 11.3. The molecule has 0 atom stereocenters. The standard InChI is InChI=1S/C32H42N8O7.C7H10N2O/c1-32(2,3)47-31(43)38(5)11-10-14-46-24-17-19(27(33)41)15-21-26(24)39(29(34)36-21)12-8-9-13-40-25-22(37-30(40)35-4)16-20(28(42)45-7)18-23(25)44-6;1-3-9-7(5-10)4-6(2)8-9/h8-9,15-18H,10-14H2,1-7H3,(H2,33,41)(H2,34,36)(H,35,37);4-5H,3H2,1-2H3/b9-8+;. The van der Waals surface area contributed by atoms with Gasteiger partial charge >= 0.3 is 12.1 Å². The number of anilines is 2. The lowest BCUT2D eigenvalue weighted by atomic mass is 10.1. The Morgan fingerprint density at radius 3 is 2.16 bits per heavy atom. The van der Waals surface area contributed by atoms with E-state index in [0.717, 1.165) is 18.5 Å². The van der Waals surface area contributed by atoms with E-state index in [4.69, 9.17) is 30.4 Å². The molecular weight excluding hydrogens is 736 g/mol. The third-order valence-corrected chi connectivity index (χ3v) is 8.49. The van der Waals surface area contributed by atoms with Gasteiger partial charge in [-0.3, -0.25) is 14.3 Å². The molecule has 0 aliphatic carbocycles. The lowest BCUT2D eigenvalue weighted by Crippen LogP contribution is -2.35. The molecule has 2 amide bonds. The molecule has 5 N–H and O–H groups in total. The number of nitrogens with zero attached hydrogens (tertiary/aromatic N) is 7. The molecule has 0 spiro atoms. The first-order valence-corrected chi connectivity index (χ1v) is 18.2. The second-order valence-electron chi connectivity index (χ2n) is 13.8. The van der Waals surface area contributed by atoms with Crippen LogP contribution in [-0.2, 0) is 29.1 Å². The molecule has 0 saturated carbocycles. The van der Waals surface area contributed by atoms with E-state index in [1.54, 1.807) is 53.7 Å². The van der Waals surface area contributed by atoms with E-state index in [-0.39, 0.29) is 18.1 Å². The fourth-order valence-corrected chi connectivity index (χ4v) is 5.86. The maximum Gasteiger partial charge on any atom is 0.410 e. The summed E-state index contributed by atoms with van der Waals surface area (Å²) < 4.78 is 27.3. The number of allylic oxidation sites excluding steroid dienone is 2. The largest absolute Gasteiger partial charge is 0.494 e. The third kappa shape index (κ3) is 10.6. The lowest BCUT2D eigenvalue weighted by molar-refractivity contribution is 0.0291. The Bertz CT molecular complexity index is 2260. The molecule has 306 valence electrons. The van der Waals surface area contributed by atoms with Gasteiger partial charge in [0.15, 0.2) is 6.29 Å². The minimum absolute atomic E-state index is 0.224. The number of hydrogen-bond donors (Lipinski definition) is 3. The van der Waals surface area contributed by atoms with Crippen molar-refractivity contribution in [1.29, 1.82) is 0 Å². The average Bonchev–Trinajstić information content (AvgIpc) is 3.84. The van der Waals surface area contributed by atoms with Crippen LogP contribution in [0.25, 0.3) is 22.1 Å². The number of methoxy groups -OCH3 is 2. The molecule has 2 aromatic carbocycles. The zero-order valence-corrected chi connectivity index (χ0v) is 33.9. The van der Waals surface area contributed by atoms with Gasteiger partial charge in [0.25, 0.3) is 0 Å². The second-order valence-corrected chi connectivity index (χ2v) is 13.8. The zero-order chi connectivity index (χ0) is 42.0. The molecule has 5 rings (SSSR count). The average molecular weight is 789 g/mol. The van der Waals surface area contributed by atoms with Gasteiger partial charge in [-0.25, -0.2) is 19.6 Å². The van der Waals surface area contributed by atoms with Gasteiger partial charge < -0.3 is 49.8 Å². The number of carbonyl (C=O) groups is 4. The molecule has 0 radical (unpaired) electrons. The molecule has 57 heavy (non-hydrogen) atoms. The van der Waals surface area contributed by atoms with Gasteiger partial charge in [-0.15, -0.1) is 0 Å². The van der Waals surface area contributed by atoms with E-state index < -0.39 is 23.6 Å². The quantitative estimate of drug-likeness (QED) is 0.0561. The minimum atomic E-state index is -0.628. The first kappa shape index (κ1) is 43.1. The van der Waals surface area contributed by atoms with Crippen LogP contribution in [0.2, 0.25) is 0 Å². The molecule has 18 nitrogen and oxygen atoms in total. The van der Waals surface area contributed by atoms with Crippen molar-refractivity contribution in [3.8, 4) is 11.5 Å². The Kier molecular flexibility index (Phi) is 14.3. The van der Waals surface area contributed by atoms with Crippen LogP contribution in [0.1, 0.15) is 71.0 Å². The summed E-state index contributed by atoms with van der Waals surface area (Å²) in [7, 11) is 6.25. The minimum Gasteiger partial charge on any atom is -0.494 e. The predicted molar refractivity (Wildman–Crippen MR) is 216 cm³/mol. The fraction of sp³-hybridized carbons (Fsp3) is 0.410. The molecular formula is C39H52N10O8. The van der Waals surface area contributed by atoms with E-state index in [1.165, 1.54) is 19.1 Å². The summed E-state index contributed by atoms with van der Waals surface area (Å²) in [6, 6.07) is 8.18. The number of rotatable bonds is 15. The number of amides is 2. The van der Waals surface area contributed by atoms with Crippen LogP contribution < -0.4 is 26.3 Å². The number of aldehydes is 1. The highest BCUT2D eigenvalue weighted by molar-refractivity contribution is 5.99. The van der Waals surface area contributed by atoms with Crippen molar-refractivity contribution >= 4 is 58.2 Å². The van der Waals surface area contributed by atoms with Gasteiger partial charge in [-0.05, 0) is 71.4 Å². The van der Waals surface area contributed by atoms with Gasteiger partial charge in [0.05, 0.1) is 43.1 Å². The van der Waals surface area contributed by atoms with E-state index in [2.05, 4.69) is 20.4 Å². The number of carbonyl (C=O) groups excluding carboxylic acids is 4. The number of aryl methyl sites for hydroxylation is 2. The monoisotopic (exact) mass is 788 g/mol. The number of benzene rings is 2. The number of nitrogens with one attached hydrogen (secondary N) is 1. The highest BCUT2D eigenvalue weighted by Crippen LogP contribution is 2.32. The molecule has 0 saturated heterocycles. The smallest absolute Gasteiger partial charge is 0.410 e. The molecule has 0 fully saturated rings. The van der Waals surface area contributed by atoms with E-state index in [1.807, 2.05) is 51.3 Å². The van der Waals surface area contributed by atoms with Gasteiger partial charge in [0.2, 0.25) is 17.8 Å². The number of aromatic nitrogens is 6. The summed E-state index contributed by atoms with van der Waals surface area (Å²) in [4.78, 5) is 57.4. The Balaban J connectivity index is 0.000000626. The van der Waals surface area contributed by atoms with Gasteiger partial charge in [-0.2, -0.15) is 5.10 Å². The van der Waals surface area contributed by atoms with Crippen LogP contribution in [-0.4, -0.2) is 105 Å². The SMILES string of the molecule is CCn1nc(C)cc1C=O.CNc1nc2cc(C(=O)OC)cc(OC)c2n1C/C=C/Cn1c(N)nc2cc(C(N)=O)cc(OCCCN(C)C(=O)OC(C)(C)C)c21. The zero-order valence-electron chi connectivity index (χ0n) is 33.9. The number of nitrogen functional groups attached to an aromatic ring is 1. The van der Waals surface area contributed by atoms with Gasteiger partial charge in [0, 0.05) is 45.8 Å². The maximum atomic E-state index is 12.3. The molecule has 5 aromatic rings. The number of hydrogen-bond acceptors (Lipinski definition) is 13. The van der Waals surface area contributed by atoms with E-state index in [0.29, 0.717) is 76.8 Å². The summed E-state index contributed by atoms with van der Waals surface area (Å²) in [5, 5.41) is 7.17. The number of nitrogens with two attached hydrogens (primary N) is 2. The molecule has 18 heteroatoms. The number of ether oxygens (including phenoxy) is 4. The Hall–Kier alpha value is -6.59. The van der Waals surface area contributed by atoms with Crippen LogP contribution in [0.5, 0.6) is 11.5 Å². The van der Waals surface area contributed by atoms with E-state index in [9.17, 15) is 19.2 Å². The maximum absolute atomic E-state index is 12.3. The molecule has 0 unspecified atom stereocenters. The lowest BCUT2D eigenvalue weighted by Gasteiger charge is -2.24. The summed E-state index contributed by atoms with van der Waals surface area (Å²) in [5.74, 6) is 0.538. The Labute approximate surface area is 330 Å².